The predicted octanol–water partition coefficient (Wildman–Crippen LogP) is 2.86. The third kappa shape index (κ3) is 3.41. The lowest BCUT2D eigenvalue weighted by Crippen LogP contribution is -2.49. The Hall–Kier alpha value is -0.690. The number of hydrogen-bond acceptors (Lipinski definition) is 3. The summed E-state index contributed by atoms with van der Waals surface area (Å²) in [6, 6.07) is 2.40. The molecule has 4 heteroatoms. The SMILES string of the molecule is N#CC1(NC(=O)C2CCSC2)CCCCCCC1. The van der Waals surface area contributed by atoms with Crippen LogP contribution in [0.5, 0.6) is 0 Å². The van der Waals surface area contributed by atoms with Gasteiger partial charge in [0.1, 0.15) is 5.54 Å². The van der Waals surface area contributed by atoms with Gasteiger partial charge in [0.15, 0.2) is 0 Å². The molecule has 18 heavy (non-hydrogen) atoms. The number of nitrogens with one attached hydrogen (secondary N) is 1. The highest BCUT2D eigenvalue weighted by Gasteiger charge is 2.34. The van der Waals surface area contributed by atoms with E-state index < -0.39 is 5.54 Å². The van der Waals surface area contributed by atoms with Crippen LogP contribution in [0.15, 0.2) is 0 Å². The van der Waals surface area contributed by atoms with Crippen molar-refractivity contribution in [3.8, 4) is 6.07 Å². The molecule has 3 nitrogen and oxygen atoms in total. The van der Waals surface area contributed by atoms with E-state index in [4.69, 9.17) is 0 Å². The van der Waals surface area contributed by atoms with Crippen molar-refractivity contribution < 1.29 is 4.79 Å². The van der Waals surface area contributed by atoms with Gasteiger partial charge in [-0.25, -0.2) is 0 Å². The molecular weight excluding hydrogens is 244 g/mol. The topological polar surface area (TPSA) is 52.9 Å². The predicted molar refractivity (Wildman–Crippen MR) is 74.2 cm³/mol. The first-order valence-electron chi connectivity index (χ1n) is 7.07. The number of amides is 1. The van der Waals surface area contributed by atoms with Crippen molar-refractivity contribution in [3.05, 3.63) is 0 Å². The fourth-order valence-corrected chi connectivity index (χ4v) is 4.07. The number of nitrogens with zero attached hydrogens (tertiary/aromatic N) is 1. The summed E-state index contributed by atoms with van der Waals surface area (Å²) < 4.78 is 0. The van der Waals surface area contributed by atoms with Gasteiger partial charge in [-0.05, 0) is 25.0 Å². The van der Waals surface area contributed by atoms with E-state index in [0.717, 1.165) is 43.6 Å². The number of nitriles is 1. The molecule has 1 saturated heterocycles. The Morgan fingerprint density at radius 1 is 1.22 bits per heavy atom. The summed E-state index contributed by atoms with van der Waals surface area (Å²) in [5, 5.41) is 12.6. The lowest BCUT2D eigenvalue weighted by Gasteiger charge is -2.30. The molecule has 1 unspecified atom stereocenters. The van der Waals surface area contributed by atoms with E-state index in [0.29, 0.717) is 0 Å². The Kier molecular flexibility index (Phi) is 4.94. The molecule has 1 heterocycles. The van der Waals surface area contributed by atoms with Crippen molar-refractivity contribution in [2.24, 2.45) is 5.92 Å². The molecule has 2 aliphatic rings. The highest BCUT2D eigenvalue weighted by molar-refractivity contribution is 7.99. The van der Waals surface area contributed by atoms with Gasteiger partial charge >= 0.3 is 0 Å². The number of thioether (sulfide) groups is 1. The van der Waals surface area contributed by atoms with Crippen LogP contribution in [0.2, 0.25) is 0 Å². The molecule has 0 aromatic rings. The first kappa shape index (κ1) is 13.7. The quantitative estimate of drug-likeness (QED) is 0.836. The van der Waals surface area contributed by atoms with E-state index in [1.165, 1.54) is 19.3 Å². The molecule has 2 rings (SSSR count). The largest absolute Gasteiger partial charge is 0.338 e. The monoisotopic (exact) mass is 266 g/mol. The molecule has 1 N–H and O–H groups in total. The molecule has 2 fully saturated rings. The van der Waals surface area contributed by atoms with E-state index in [-0.39, 0.29) is 11.8 Å². The zero-order valence-electron chi connectivity index (χ0n) is 10.9. The molecule has 0 spiro atoms. The van der Waals surface area contributed by atoms with Gasteiger partial charge in [0.25, 0.3) is 0 Å². The maximum atomic E-state index is 12.2. The van der Waals surface area contributed by atoms with Crippen molar-refractivity contribution >= 4 is 17.7 Å². The van der Waals surface area contributed by atoms with Gasteiger partial charge in [0.05, 0.1) is 6.07 Å². The minimum absolute atomic E-state index is 0.113. The molecular formula is C14H22N2OS. The molecule has 1 saturated carbocycles. The van der Waals surface area contributed by atoms with Crippen LogP contribution >= 0.6 is 11.8 Å². The Morgan fingerprint density at radius 2 is 1.89 bits per heavy atom. The van der Waals surface area contributed by atoms with Crippen molar-refractivity contribution in [3.63, 3.8) is 0 Å². The molecule has 1 atom stereocenters. The molecule has 1 amide bonds. The second-order valence-electron chi connectivity index (χ2n) is 5.51. The number of carbonyl (C=O) groups is 1. The van der Waals surface area contributed by atoms with Crippen LogP contribution in [0, 0.1) is 17.2 Å². The zero-order chi connectivity index (χ0) is 12.8. The fraction of sp³-hybridized carbons (Fsp3) is 0.857. The van der Waals surface area contributed by atoms with Crippen LogP contribution in [0.1, 0.15) is 51.4 Å². The molecule has 0 bridgehead atoms. The second kappa shape index (κ2) is 6.47. The summed E-state index contributed by atoms with van der Waals surface area (Å²) in [5.74, 6) is 2.25. The fourth-order valence-electron chi connectivity index (χ4n) is 2.85. The smallest absolute Gasteiger partial charge is 0.225 e. The van der Waals surface area contributed by atoms with Crippen LogP contribution < -0.4 is 5.32 Å². The van der Waals surface area contributed by atoms with E-state index in [1.807, 2.05) is 11.8 Å². The van der Waals surface area contributed by atoms with Crippen LogP contribution in [-0.4, -0.2) is 23.0 Å². The Labute approximate surface area is 114 Å². The van der Waals surface area contributed by atoms with E-state index >= 15 is 0 Å². The van der Waals surface area contributed by atoms with Gasteiger partial charge in [-0.3, -0.25) is 4.79 Å². The van der Waals surface area contributed by atoms with E-state index in [1.54, 1.807) is 0 Å². The molecule has 1 aliphatic heterocycles. The molecule has 1 aliphatic carbocycles. The van der Waals surface area contributed by atoms with Gasteiger partial charge in [-0.1, -0.05) is 32.1 Å². The van der Waals surface area contributed by atoms with Crippen LogP contribution in [0.4, 0.5) is 0 Å². The average Bonchev–Trinajstić information content (AvgIpc) is 2.86. The minimum Gasteiger partial charge on any atom is -0.338 e. The third-order valence-electron chi connectivity index (χ3n) is 4.08. The Morgan fingerprint density at radius 3 is 2.44 bits per heavy atom. The molecule has 0 aromatic heterocycles. The average molecular weight is 266 g/mol. The van der Waals surface area contributed by atoms with Gasteiger partial charge in [0.2, 0.25) is 5.91 Å². The Balaban J connectivity index is 1.97. The maximum absolute atomic E-state index is 12.2. The van der Waals surface area contributed by atoms with Crippen LogP contribution in [0.25, 0.3) is 0 Å². The summed E-state index contributed by atoms with van der Waals surface area (Å²) in [5.41, 5.74) is -0.579. The van der Waals surface area contributed by atoms with Crippen LogP contribution in [-0.2, 0) is 4.79 Å². The first-order valence-corrected chi connectivity index (χ1v) is 8.22. The maximum Gasteiger partial charge on any atom is 0.225 e. The van der Waals surface area contributed by atoms with Gasteiger partial charge in [-0.15, -0.1) is 0 Å². The second-order valence-corrected chi connectivity index (χ2v) is 6.66. The van der Waals surface area contributed by atoms with Crippen molar-refractivity contribution in [2.45, 2.75) is 56.9 Å². The summed E-state index contributed by atoms with van der Waals surface area (Å²) in [7, 11) is 0. The van der Waals surface area contributed by atoms with Crippen molar-refractivity contribution in [1.29, 1.82) is 5.26 Å². The summed E-state index contributed by atoms with van der Waals surface area (Å²) in [6.45, 7) is 0. The summed E-state index contributed by atoms with van der Waals surface area (Å²) >= 11 is 1.84. The lowest BCUT2D eigenvalue weighted by atomic mass is 9.84. The van der Waals surface area contributed by atoms with Gasteiger partial charge in [-0.2, -0.15) is 17.0 Å². The van der Waals surface area contributed by atoms with Crippen molar-refractivity contribution in [1.82, 2.24) is 5.32 Å². The van der Waals surface area contributed by atoms with E-state index in [9.17, 15) is 10.1 Å². The molecule has 100 valence electrons. The Bertz CT molecular complexity index is 323. The molecule has 0 aromatic carbocycles. The summed E-state index contributed by atoms with van der Waals surface area (Å²) in [4.78, 5) is 12.2. The highest BCUT2D eigenvalue weighted by atomic mass is 32.2. The van der Waals surface area contributed by atoms with Crippen LogP contribution in [0.3, 0.4) is 0 Å². The number of rotatable bonds is 2. The van der Waals surface area contributed by atoms with Crippen molar-refractivity contribution in [2.75, 3.05) is 11.5 Å². The standard InChI is InChI=1S/C14H22N2OS/c15-11-14(7-4-2-1-3-5-8-14)16-13(17)12-6-9-18-10-12/h12H,1-10H2,(H,16,17). The third-order valence-corrected chi connectivity index (χ3v) is 5.25. The van der Waals surface area contributed by atoms with E-state index in [2.05, 4.69) is 11.4 Å². The van der Waals surface area contributed by atoms with Gasteiger partial charge in [0, 0.05) is 11.7 Å². The first-order chi connectivity index (χ1) is 8.76. The highest BCUT2D eigenvalue weighted by Crippen LogP contribution is 2.28. The normalized spacial score (nSPS) is 27.8. The zero-order valence-corrected chi connectivity index (χ0v) is 11.7. The number of carbonyl (C=O) groups excluding carboxylic acids is 1. The lowest BCUT2D eigenvalue weighted by molar-refractivity contribution is -0.125. The minimum atomic E-state index is -0.579. The summed E-state index contributed by atoms with van der Waals surface area (Å²) in [6.07, 6.45) is 8.41. The molecule has 0 radical (unpaired) electrons. The van der Waals surface area contributed by atoms with Gasteiger partial charge < -0.3 is 5.32 Å². The number of hydrogen-bond donors (Lipinski definition) is 1.